The van der Waals surface area contributed by atoms with Crippen LogP contribution in [0.2, 0.25) is 0 Å². The molecular formula is C26H27F3N6O2S2. The van der Waals surface area contributed by atoms with Crippen molar-refractivity contribution in [1.29, 1.82) is 0 Å². The van der Waals surface area contributed by atoms with E-state index in [1.807, 2.05) is 37.6 Å². The third kappa shape index (κ3) is 6.54. The van der Waals surface area contributed by atoms with Crippen LogP contribution >= 0.6 is 11.3 Å². The van der Waals surface area contributed by atoms with Crippen molar-refractivity contribution in [3.05, 3.63) is 71.1 Å². The van der Waals surface area contributed by atoms with Crippen molar-refractivity contribution in [2.24, 2.45) is 0 Å². The second kappa shape index (κ2) is 11.7. The molecule has 0 aliphatic heterocycles. The number of benzene rings is 2. The van der Waals surface area contributed by atoms with Crippen LogP contribution in [0.5, 0.6) is 0 Å². The van der Waals surface area contributed by atoms with Crippen LogP contribution in [0.3, 0.4) is 0 Å². The predicted octanol–water partition coefficient (Wildman–Crippen LogP) is 5.58. The van der Waals surface area contributed by atoms with Crippen LogP contribution < -0.4 is 10.0 Å². The minimum Gasteiger partial charge on any atom is -0.353 e. The number of halogens is 3. The first-order chi connectivity index (χ1) is 18.5. The fourth-order valence-corrected chi connectivity index (χ4v) is 5.86. The molecule has 4 rings (SSSR count). The number of aromatic nitrogens is 3. The summed E-state index contributed by atoms with van der Waals surface area (Å²) in [4.78, 5) is 15.1. The summed E-state index contributed by atoms with van der Waals surface area (Å²) in [6.45, 7) is 5.37. The van der Waals surface area contributed by atoms with Gasteiger partial charge < -0.3 is 10.2 Å². The second-order valence-corrected chi connectivity index (χ2v) is 11.9. The van der Waals surface area contributed by atoms with Gasteiger partial charge in [0.25, 0.3) is 10.0 Å². The molecule has 39 heavy (non-hydrogen) atoms. The lowest BCUT2D eigenvalue weighted by molar-refractivity contribution is 0.425. The minimum absolute atomic E-state index is 0.0736. The van der Waals surface area contributed by atoms with Crippen molar-refractivity contribution in [3.8, 4) is 21.8 Å². The summed E-state index contributed by atoms with van der Waals surface area (Å²) in [5.41, 5.74) is 0.951. The monoisotopic (exact) mass is 576 g/mol. The number of sulfonamides is 1. The molecule has 0 spiro atoms. The maximum atomic E-state index is 14.8. The normalized spacial score (nSPS) is 11.8. The number of nitrogens with zero attached hydrogens (tertiary/aromatic N) is 4. The number of rotatable bonds is 10. The molecule has 0 saturated carbocycles. The van der Waals surface area contributed by atoms with E-state index in [9.17, 15) is 21.6 Å². The largest absolute Gasteiger partial charge is 0.353 e. The Hall–Kier alpha value is -3.55. The fourth-order valence-electron chi connectivity index (χ4n) is 3.60. The van der Waals surface area contributed by atoms with E-state index in [4.69, 9.17) is 4.98 Å². The molecule has 0 atom stereocenters. The van der Waals surface area contributed by atoms with Crippen molar-refractivity contribution in [2.75, 3.05) is 37.2 Å². The lowest BCUT2D eigenvalue weighted by atomic mass is 10.1. The molecule has 2 N–H and O–H groups in total. The number of anilines is 2. The third-order valence-electron chi connectivity index (χ3n) is 5.54. The summed E-state index contributed by atoms with van der Waals surface area (Å²) >= 11 is 1.41. The van der Waals surface area contributed by atoms with Crippen LogP contribution in [0, 0.1) is 17.5 Å². The molecule has 0 saturated heterocycles. The fraction of sp³-hybridized carbons (Fsp3) is 0.269. The summed E-state index contributed by atoms with van der Waals surface area (Å²) in [6.07, 6.45) is 1.62. The Morgan fingerprint density at radius 2 is 1.72 bits per heavy atom. The molecule has 8 nitrogen and oxygen atoms in total. The molecule has 13 heteroatoms. The average molecular weight is 577 g/mol. The topological polar surface area (TPSA) is 100 Å². The molecule has 4 aromatic rings. The van der Waals surface area contributed by atoms with Gasteiger partial charge in [-0.3, -0.25) is 4.72 Å². The predicted molar refractivity (Wildman–Crippen MR) is 147 cm³/mol. The van der Waals surface area contributed by atoms with E-state index in [0.29, 0.717) is 34.3 Å². The van der Waals surface area contributed by atoms with E-state index < -0.39 is 38.1 Å². The molecule has 0 aliphatic carbocycles. The Kier molecular flexibility index (Phi) is 8.52. The first-order valence-corrected chi connectivity index (χ1v) is 14.3. The van der Waals surface area contributed by atoms with E-state index >= 15 is 0 Å². The lowest BCUT2D eigenvalue weighted by Crippen LogP contribution is -2.21. The molecule has 0 unspecified atom stereocenters. The SMILES string of the molecule is CC(C)c1nc(-c2ccc(F)c(NS(=O)(=O)c3c(F)cccc3F)c2)c(-c2ccnc(NCCN(C)C)n2)s1. The first kappa shape index (κ1) is 28.5. The van der Waals surface area contributed by atoms with Crippen LogP contribution in [0.15, 0.2) is 53.6 Å². The highest BCUT2D eigenvalue weighted by Gasteiger charge is 2.26. The van der Waals surface area contributed by atoms with Crippen LogP contribution in [0.25, 0.3) is 21.8 Å². The summed E-state index contributed by atoms with van der Waals surface area (Å²) in [5, 5.41) is 3.97. The van der Waals surface area contributed by atoms with Crippen LogP contribution in [0.1, 0.15) is 24.8 Å². The van der Waals surface area contributed by atoms with Gasteiger partial charge >= 0.3 is 0 Å². The van der Waals surface area contributed by atoms with Crippen molar-refractivity contribution in [1.82, 2.24) is 19.9 Å². The number of nitrogens with one attached hydrogen (secondary N) is 2. The Bertz CT molecular complexity index is 1570. The van der Waals surface area contributed by atoms with Crippen molar-refractivity contribution in [2.45, 2.75) is 24.7 Å². The van der Waals surface area contributed by atoms with E-state index in [2.05, 4.69) is 15.3 Å². The molecule has 0 amide bonds. The molecular weight excluding hydrogens is 549 g/mol. The number of hydrogen-bond acceptors (Lipinski definition) is 8. The lowest BCUT2D eigenvalue weighted by Gasteiger charge is -2.12. The van der Waals surface area contributed by atoms with Gasteiger partial charge in [-0.2, -0.15) is 0 Å². The maximum Gasteiger partial charge on any atom is 0.267 e. The third-order valence-corrected chi connectivity index (χ3v) is 8.33. The van der Waals surface area contributed by atoms with Gasteiger partial charge in [0.15, 0.2) is 4.90 Å². The number of likely N-dealkylation sites (N-methyl/N-ethyl adjacent to an activating group) is 1. The van der Waals surface area contributed by atoms with Gasteiger partial charge in [-0.15, -0.1) is 11.3 Å². The highest BCUT2D eigenvalue weighted by atomic mass is 32.2. The van der Waals surface area contributed by atoms with Gasteiger partial charge in [-0.05, 0) is 50.5 Å². The number of thiazole rings is 1. The quantitative estimate of drug-likeness (QED) is 0.254. The van der Waals surface area contributed by atoms with Crippen molar-refractivity contribution < 1.29 is 21.6 Å². The van der Waals surface area contributed by atoms with Crippen molar-refractivity contribution in [3.63, 3.8) is 0 Å². The van der Waals surface area contributed by atoms with Crippen LogP contribution in [0.4, 0.5) is 24.8 Å². The van der Waals surface area contributed by atoms with Crippen LogP contribution in [-0.4, -0.2) is 55.5 Å². The summed E-state index contributed by atoms with van der Waals surface area (Å²) in [7, 11) is -0.861. The first-order valence-electron chi connectivity index (χ1n) is 12.0. The minimum atomic E-state index is -4.78. The van der Waals surface area contributed by atoms with E-state index in [1.165, 1.54) is 23.5 Å². The van der Waals surface area contributed by atoms with Crippen molar-refractivity contribution >= 4 is 33.0 Å². The van der Waals surface area contributed by atoms with Gasteiger partial charge in [-0.1, -0.05) is 19.9 Å². The zero-order valence-electron chi connectivity index (χ0n) is 21.7. The molecule has 0 bridgehead atoms. The van der Waals surface area contributed by atoms with Gasteiger partial charge in [0.1, 0.15) is 17.5 Å². The molecule has 206 valence electrons. The molecule has 2 heterocycles. The molecule has 2 aromatic heterocycles. The van der Waals surface area contributed by atoms with E-state index in [1.54, 1.807) is 12.3 Å². The Morgan fingerprint density at radius 3 is 2.38 bits per heavy atom. The maximum absolute atomic E-state index is 14.8. The Balaban J connectivity index is 1.74. The second-order valence-electron chi connectivity index (χ2n) is 9.23. The van der Waals surface area contributed by atoms with Gasteiger partial charge in [0, 0.05) is 30.8 Å². The zero-order chi connectivity index (χ0) is 28.3. The molecule has 2 aromatic carbocycles. The average Bonchev–Trinajstić information content (AvgIpc) is 3.31. The summed E-state index contributed by atoms with van der Waals surface area (Å²) < 4.78 is 70.7. The Labute approximate surface area is 229 Å². The van der Waals surface area contributed by atoms with Gasteiger partial charge in [0.05, 0.1) is 27.0 Å². The smallest absolute Gasteiger partial charge is 0.267 e. The number of hydrogen-bond donors (Lipinski definition) is 2. The van der Waals surface area contributed by atoms with Gasteiger partial charge in [0.2, 0.25) is 5.95 Å². The summed E-state index contributed by atoms with van der Waals surface area (Å²) in [6, 6.07) is 8.15. The Morgan fingerprint density at radius 1 is 1.00 bits per heavy atom. The standard InChI is InChI=1S/C26H27F3N6O2S2/c1-15(2)25-33-22(23(38-25)20-10-11-30-26(32-20)31-12-13-35(3)4)16-8-9-17(27)21(14-16)34-39(36,37)24-18(28)6-5-7-19(24)29/h5-11,14-15,34H,12-13H2,1-4H3,(H,30,31,32). The molecule has 0 radical (unpaired) electrons. The molecule has 0 fully saturated rings. The highest BCUT2D eigenvalue weighted by Crippen LogP contribution is 2.39. The molecule has 0 aliphatic rings. The van der Waals surface area contributed by atoms with Gasteiger partial charge in [-0.25, -0.2) is 36.5 Å². The van der Waals surface area contributed by atoms with E-state index in [-0.39, 0.29) is 5.92 Å². The summed E-state index contributed by atoms with van der Waals surface area (Å²) in [5.74, 6) is -3.00. The van der Waals surface area contributed by atoms with Crippen LogP contribution in [-0.2, 0) is 10.0 Å². The zero-order valence-corrected chi connectivity index (χ0v) is 23.3. The van der Waals surface area contributed by atoms with E-state index in [0.717, 1.165) is 35.8 Å². The highest BCUT2D eigenvalue weighted by molar-refractivity contribution is 7.92.